The van der Waals surface area contributed by atoms with Crippen LogP contribution in [0, 0.1) is 5.82 Å². The van der Waals surface area contributed by atoms with Gasteiger partial charge >= 0.3 is 0 Å². The van der Waals surface area contributed by atoms with Crippen LogP contribution < -0.4 is 15.4 Å². The highest BCUT2D eigenvalue weighted by Crippen LogP contribution is 2.31. The molecule has 0 bridgehead atoms. The van der Waals surface area contributed by atoms with Gasteiger partial charge in [-0.3, -0.25) is 5.73 Å². The van der Waals surface area contributed by atoms with E-state index < -0.39 is 0 Å². The van der Waals surface area contributed by atoms with E-state index in [4.69, 9.17) is 10.5 Å². The highest BCUT2D eigenvalue weighted by molar-refractivity contribution is 5.49. The lowest BCUT2D eigenvalue weighted by atomic mass is 9.89. The Kier molecular flexibility index (Phi) is 4.82. The number of anilines is 1. The van der Waals surface area contributed by atoms with Gasteiger partial charge in [0.1, 0.15) is 17.8 Å². The minimum atomic E-state index is -0.299. The van der Waals surface area contributed by atoms with Crippen molar-refractivity contribution in [3.05, 3.63) is 59.9 Å². The van der Waals surface area contributed by atoms with E-state index in [9.17, 15) is 4.39 Å². The predicted molar refractivity (Wildman–Crippen MR) is 91.3 cm³/mol. The molecule has 3 rings (SSSR count). The first-order valence-corrected chi connectivity index (χ1v) is 8.14. The molecule has 3 nitrogen and oxygen atoms in total. The molecule has 1 heterocycles. The molecule has 2 aromatic rings. The van der Waals surface area contributed by atoms with Crippen LogP contribution in [0.15, 0.2) is 48.5 Å². The van der Waals surface area contributed by atoms with Gasteiger partial charge in [-0.1, -0.05) is 12.1 Å². The lowest BCUT2D eigenvalue weighted by molar-refractivity contribution is 0.230. The van der Waals surface area contributed by atoms with E-state index in [2.05, 4.69) is 17.0 Å². The monoisotopic (exact) mass is 314 g/mol. The fraction of sp³-hybridized carbons (Fsp3) is 0.368. The van der Waals surface area contributed by atoms with Gasteiger partial charge < -0.3 is 9.64 Å². The van der Waals surface area contributed by atoms with E-state index in [0.29, 0.717) is 5.92 Å². The molecule has 2 aromatic carbocycles. The highest BCUT2D eigenvalue weighted by Gasteiger charge is 2.20. The molecule has 0 aliphatic carbocycles. The van der Waals surface area contributed by atoms with Crippen LogP contribution in [-0.2, 0) is 0 Å². The number of nitrogens with two attached hydrogens (primary N) is 1. The maximum atomic E-state index is 13.0. The van der Waals surface area contributed by atoms with Crippen molar-refractivity contribution < 1.29 is 9.13 Å². The molecule has 0 amide bonds. The molecule has 23 heavy (non-hydrogen) atoms. The number of ether oxygens (including phenoxy) is 1. The summed E-state index contributed by atoms with van der Waals surface area (Å²) < 4.78 is 18.5. The van der Waals surface area contributed by atoms with Gasteiger partial charge in [-0.15, -0.1) is 0 Å². The topological polar surface area (TPSA) is 38.5 Å². The molecule has 122 valence electrons. The molecule has 1 aliphatic heterocycles. The fourth-order valence-corrected chi connectivity index (χ4v) is 3.16. The van der Waals surface area contributed by atoms with Crippen molar-refractivity contribution in [3.63, 3.8) is 0 Å². The minimum Gasteiger partial charge on any atom is -0.476 e. The van der Waals surface area contributed by atoms with E-state index in [1.165, 1.54) is 11.3 Å². The summed E-state index contributed by atoms with van der Waals surface area (Å²) in [6, 6.07) is 15.0. The molecule has 1 saturated heterocycles. The normalized spacial score (nSPS) is 17.1. The van der Waals surface area contributed by atoms with Gasteiger partial charge in [-0.05, 0) is 67.6 Å². The number of benzene rings is 2. The number of nitrogens with zero attached hydrogens (tertiary/aromatic N) is 1. The molecule has 1 fully saturated rings. The second-order valence-electron chi connectivity index (χ2n) is 6.13. The first-order valence-electron chi connectivity index (χ1n) is 8.14. The summed E-state index contributed by atoms with van der Waals surface area (Å²) in [5, 5.41) is 0. The maximum absolute atomic E-state index is 13.0. The van der Waals surface area contributed by atoms with Gasteiger partial charge in [0.05, 0.1) is 0 Å². The molecule has 4 heteroatoms. The lowest BCUT2D eigenvalue weighted by Gasteiger charge is -2.34. The summed E-state index contributed by atoms with van der Waals surface area (Å²) in [6.07, 6.45) is 1.88. The van der Waals surface area contributed by atoms with Crippen LogP contribution in [0.2, 0.25) is 0 Å². The summed E-state index contributed by atoms with van der Waals surface area (Å²) in [4.78, 5) is 2.38. The Morgan fingerprint density at radius 3 is 2.22 bits per heavy atom. The number of hydrogen-bond donors (Lipinski definition) is 1. The van der Waals surface area contributed by atoms with Gasteiger partial charge in [0, 0.05) is 18.8 Å². The molecular weight excluding hydrogens is 291 g/mol. The lowest BCUT2D eigenvalue weighted by Crippen LogP contribution is -2.32. The average molecular weight is 314 g/mol. The third kappa shape index (κ3) is 4.02. The van der Waals surface area contributed by atoms with Crippen molar-refractivity contribution in [2.24, 2.45) is 5.73 Å². The van der Waals surface area contributed by atoms with Crippen molar-refractivity contribution >= 4 is 5.69 Å². The van der Waals surface area contributed by atoms with Crippen LogP contribution in [0.4, 0.5) is 10.1 Å². The SMILES string of the molecule is CC(N)Oc1ccc(N2CCC(c3ccc(F)cc3)CC2)cc1. The van der Waals surface area contributed by atoms with Gasteiger partial charge in [0.2, 0.25) is 0 Å². The molecule has 0 spiro atoms. The second kappa shape index (κ2) is 7.01. The van der Waals surface area contributed by atoms with Gasteiger partial charge in [0.15, 0.2) is 0 Å². The number of hydrogen-bond acceptors (Lipinski definition) is 3. The second-order valence-corrected chi connectivity index (χ2v) is 6.13. The van der Waals surface area contributed by atoms with Crippen molar-refractivity contribution in [3.8, 4) is 5.75 Å². The van der Waals surface area contributed by atoms with Crippen LogP contribution in [-0.4, -0.2) is 19.3 Å². The van der Waals surface area contributed by atoms with E-state index in [-0.39, 0.29) is 12.0 Å². The molecule has 1 unspecified atom stereocenters. The third-order valence-corrected chi connectivity index (χ3v) is 4.36. The van der Waals surface area contributed by atoms with Crippen molar-refractivity contribution in [2.75, 3.05) is 18.0 Å². The summed E-state index contributed by atoms with van der Waals surface area (Å²) in [5.41, 5.74) is 8.08. The van der Waals surface area contributed by atoms with Crippen LogP contribution in [0.1, 0.15) is 31.2 Å². The highest BCUT2D eigenvalue weighted by atomic mass is 19.1. The van der Waals surface area contributed by atoms with E-state index in [1.807, 2.05) is 31.2 Å². The van der Waals surface area contributed by atoms with Crippen LogP contribution >= 0.6 is 0 Å². The Morgan fingerprint density at radius 1 is 1.04 bits per heavy atom. The standard InChI is InChI=1S/C19H23FN2O/c1-14(21)23-19-8-6-18(7-9-19)22-12-10-16(11-13-22)15-2-4-17(20)5-3-15/h2-9,14,16H,10-13,21H2,1H3. The Labute approximate surface area is 136 Å². The maximum Gasteiger partial charge on any atom is 0.144 e. The van der Waals surface area contributed by atoms with E-state index >= 15 is 0 Å². The predicted octanol–water partition coefficient (Wildman–Crippen LogP) is 3.89. The Balaban J connectivity index is 1.59. The molecule has 1 aliphatic rings. The minimum absolute atomic E-state index is 0.166. The largest absolute Gasteiger partial charge is 0.476 e. The van der Waals surface area contributed by atoms with E-state index in [1.54, 1.807) is 12.1 Å². The van der Waals surface area contributed by atoms with Crippen LogP contribution in [0.25, 0.3) is 0 Å². The molecule has 1 atom stereocenters. The number of piperidine rings is 1. The Hall–Kier alpha value is -2.07. The quantitative estimate of drug-likeness (QED) is 0.870. The number of rotatable bonds is 4. The summed E-state index contributed by atoms with van der Waals surface area (Å²) in [5.74, 6) is 1.15. The smallest absolute Gasteiger partial charge is 0.144 e. The average Bonchev–Trinajstić information content (AvgIpc) is 2.56. The van der Waals surface area contributed by atoms with Crippen LogP contribution in [0.3, 0.4) is 0 Å². The zero-order valence-corrected chi connectivity index (χ0v) is 13.4. The zero-order valence-electron chi connectivity index (χ0n) is 13.4. The van der Waals surface area contributed by atoms with Crippen molar-refractivity contribution in [1.82, 2.24) is 0 Å². The summed E-state index contributed by atoms with van der Waals surface area (Å²) >= 11 is 0. The summed E-state index contributed by atoms with van der Waals surface area (Å²) in [7, 11) is 0. The zero-order chi connectivity index (χ0) is 16.2. The first-order chi connectivity index (χ1) is 11.1. The summed E-state index contributed by atoms with van der Waals surface area (Å²) in [6.45, 7) is 3.83. The molecule has 2 N–H and O–H groups in total. The number of halogens is 1. The molecule has 0 saturated carbocycles. The molecular formula is C19H23FN2O. The Morgan fingerprint density at radius 2 is 1.65 bits per heavy atom. The molecule has 0 radical (unpaired) electrons. The molecule has 0 aromatic heterocycles. The van der Waals surface area contributed by atoms with Gasteiger partial charge in [-0.25, -0.2) is 4.39 Å². The third-order valence-electron chi connectivity index (χ3n) is 4.36. The van der Waals surface area contributed by atoms with Gasteiger partial charge in [-0.2, -0.15) is 0 Å². The van der Waals surface area contributed by atoms with Crippen LogP contribution in [0.5, 0.6) is 5.75 Å². The first kappa shape index (κ1) is 15.8. The van der Waals surface area contributed by atoms with E-state index in [0.717, 1.165) is 31.7 Å². The van der Waals surface area contributed by atoms with Crippen molar-refractivity contribution in [1.29, 1.82) is 0 Å². The fourth-order valence-electron chi connectivity index (χ4n) is 3.16. The van der Waals surface area contributed by atoms with Gasteiger partial charge in [0.25, 0.3) is 0 Å². The van der Waals surface area contributed by atoms with Crippen molar-refractivity contribution in [2.45, 2.75) is 31.9 Å². The Bertz CT molecular complexity index is 617.